The molecule has 0 unspecified atom stereocenters. The van der Waals surface area contributed by atoms with E-state index in [1.165, 1.54) is 0 Å². The highest BCUT2D eigenvalue weighted by atomic mass is 16.5. The van der Waals surface area contributed by atoms with Gasteiger partial charge in [-0.05, 0) is 13.3 Å². The number of esters is 1. The number of methoxy groups -OCH3 is 2. The molecule has 6 heteroatoms. The number of pyridine rings is 1. The third-order valence-corrected chi connectivity index (χ3v) is 3.00. The van der Waals surface area contributed by atoms with Crippen LogP contribution in [0.5, 0.6) is 11.5 Å². The number of hydrogen-bond donors (Lipinski definition) is 0. The highest BCUT2D eigenvalue weighted by molar-refractivity contribution is 5.90. The second-order valence-electron chi connectivity index (χ2n) is 4.12. The molecule has 2 aromatic rings. The number of aryl methyl sites for hydroxylation is 1. The van der Waals surface area contributed by atoms with Crippen LogP contribution in [-0.4, -0.2) is 36.2 Å². The Bertz CT molecular complexity index is 634. The van der Waals surface area contributed by atoms with Crippen molar-refractivity contribution >= 4 is 11.6 Å². The van der Waals surface area contributed by atoms with E-state index in [1.807, 2.05) is 6.92 Å². The molecule has 0 aliphatic rings. The predicted molar refractivity (Wildman–Crippen MR) is 73.6 cm³/mol. The number of aromatic nitrogens is 2. The van der Waals surface area contributed by atoms with Gasteiger partial charge < -0.3 is 14.2 Å². The number of imidazole rings is 1. The van der Waals surface area contributed by atoms with Gasteiger partial charge in [-0.3, -0.25) is 4.40 Å². The Morgan fingerprint density at radius 2 is 1.95 bits per heavy atom. The first-order valence-corrected chi connectivity index (χ1v) is 6.46. The highest BCUT2D eigenvalue weighted by Gasteiger charge is 2.21. The van der Waals surface area contributed by atoms with Crippen molar-refractivity contribution in [1.29, 1.82) is 0 Å². The highest BCUT2D eigenvalue weighted by Crippen LogP contribution is 2.29. The monoisotopic (exact) mass is 278 g/mol. The zero-order valence-corrected chi connectivity index (χ0v) is 12.1. The number of hydrogen-bond acceptors (Lipinski definition) is 5. The first-order valence-electron chi connectivity index (χ1n) is 6.46. The predicted octanol–water partition coefficient (Wildman–Crippen LogP) is 2.09. The van der Waals surface area contributed by atoms with Crippen LogP contribution in [0.3, 0.4) is 0 Å². The molecule has 2 rings (SSSR count). The molecular weight excluding hydrogens is 260 g/mol. The average Bonchev–Trinajstić information content (AvgIpc) is 2.83. The number of nitrogens with zero attached hydrogens (tertiary/aromatic N) is 2. The summed E-state index contributed by atoms with van der Waals surface area (Å²) in [5.41, 5.74) is 1.76. The normalized spacial score (nSPS) is 10.6. The Kier molecular flexibility index (Phi) is 4.12. The molecular formula is C14H18N2O4. The molecule has 0 atom stereocenters. The third kappa shape index (κ3) is 2.29. The molecule has 108 valence electrons. The minimum Gasteiger partial charge on any atom is -0.493 e. The Morgan fingerprint density at radius 3 is 2.50 bits per heavy atom. The summed E-state index contributed by atoms with van der Waals surface area (Å²) < 4.78 is 17.3. The van der Waals surface area contributed by atoms with Crippen LogP contribution in [0.15, 0.2) is 12.3 Å². The van der Waals surface area contributed by atoms with Crippen molar-refractivity contribution in [3.05, 3.63) is 23.7 Å². The maximum Gasteiger partial charge on any atom is 0.357 e. The van der Waals surface area contributed by atoms with Crippen LogP contribution in [0, 0.1) is 0 Å². The molecule has 0 N–H and O–H groups in total. The molecule has 0 aliphatic carbocycles. The smallest absolute Gasteiger partial charge is 0.357 e. The molecule has 2 aromatic heterocycles. The van der Waals surface area contributed by atoms with E-state index in [2.05, 4.69) is 4.98 Å². The Hall–Kier alpha value is -2.24. The molecule has 0 aromatic carbocycles. The van der Waals surface area contributed by atoms with Gasteiger partial charge in [-0.1, -0.05) is 6.92 Å². The van der Waals surface area contributed by atoms with E-state index in [9.17, 15) is 4.79 Å². The van der Waals surface area contributed by atoms with E-state index in [1.54, 1.807) is 37.8 Å². The maximum atomic E-state index is 12.1. The van der Waals surface area contributed by atoms with Crippen LogP contribution in [0.2, 0.25) is 0 Å². The second-order valence-corrected chi connectivity index (χ2v) is 4.12. The van der Waals surface area contributed by atoms with Crippen molar-refractivity contribution in [2.45, 2.75) is 20.3 Å². The van der Waals surface area contributed by atoms with Gasteiger partial charge in [-0.2, -0.15) is 0 Å². The topological polar surface area (TPSA) is 62.1 Å². The molecule has 0 radical (unpaired) electrons. The molecule has 0 fully saturated rings. The Morgan fingerprint density at radius 1 is 1.25 bits per heavy atom. The zero-order chi connectivity index (χ0) is 14.7. The minimum absolute atomic E-state index is 0.322. The van der Waals surface area contributed by atoms with Crippen molar-refractivity contribution in [2.24, 2.45) is 0 Å². The molecule has 0 amide bonds. The lowest BCUT2D eigenvalue weighted by Gasteiger charge is -2.09. The first kappa shape index (κ1) is 14.2. The van der Waals surface area contributed by atoms with Crippen molar-refractivity contribution in [2.75, 3.05) is 20.8 Å². The third-order valence-electron chi connectivity index (χ3n) is 3.00. The largest absolute Gasteiger partial charge is 0.493 e. The van der Waals surface area contributed by atoms with Gasteiger partial charge in [0.15, 0.2) is 17.2 Å². The van der Waals surface area contributed by atoms with Gasteiger partial charge in [0.1, 0.15) is 5.65 Å². The Labute approximate surface area is 117 Å². The fourth-order valence-electron chi connectivity index (χ4n) is 2.08. The average molecular weight is 278 g/mol. The molecule has 0 bridgehead atoms. The molecule has 0 spiro atoms. The van der Waals surface area contributed by atoms with E-state index in [0.29, 0.717) is 41.6 Å². The van der Waals surface area contributed by atoms with Crippen molar-refractivity contribution in [3.63, 3.8) is 0 Å². The van der Waals surface area contributed by atoms with E-state index in [-0.39, 0.29) is 5.97 Å². The summed E-state index contributed by atoms with van der Waals surface area (Å²) in [6.07, 6.45) is 2.33. The summed E-state index contributed by atoms with van der Waals surface area (Å²) in [5.74, 6) is 0.720. The summed E-state index contributed by atoms with van der Waals surface area (Å²) in [7, 11) is 3.11. The van der Waals surface area contributed by atoms with E-state index in [4.69, 9.17) is 14.2 Å². The number of carbonyl (C=O) groups is 1. The summed E-state index contributed by atoms with van der Waals surface area (Å²) in [4.78, 5) is 16.5. The van der Waals surface area contributed by atoms with Gasteiger partial charge in [-0.25, -0.2) is 9.78 Å². The van der Waals surface area contributed by atoms with Gasteiger partial charge in [0, 0.05) is 6.07 Å². The van der Waals surface area contributed by atoms with Gasteiger partial charge >= 0.3 is 5.97 Å². The van der Waals surface area contributed by atoms with Crippen LogP contribution in [0.25, 0.3) is 5.65 Å². The van der Waals surface area contributed by atoms with Gasteiger partial charge in [0.05, 0.1) is 32.7 Å². The Balaban J connectivity index is 2.68. The molecule has 0 aliphatic heterocycles. The molecule has 2 heterocycles. The minimum atomic E-state index is -0.385. The maximum absolute atomic E-state index is 12.1. The molecule has 0 saturated carbocycles. The van der Waals surface area contributed by atoms with Crippen LogP contribution < -0.4 is 9.47 Å². The molecule has 0 saturated heterocycles. The van der Waals surface area contributed by atoms with Crippen LogP contribution >= 0.6 is 0 Å². The van der Waals surface area contributed by atoms with E-state index in [0.717, 1.165) is 0 Å². The summed E-state index contributed by atoms with van der Waals surface area (Å²) in [6, 6.07) is 1.74. The summed E-state index contributed by atoms with van der Waals surface area (Å²) >= 11 is 0. The van der Waals surface area contributed by atoms with Gasteiger partial charge in [0.2, 0.25) is 0 Å². The van der Waals surface area contributed by atoms with Crippen molar-refractivity contribution in [1.82, 2.24) is 9.38 Å². The molecule has 20 heavy (non-hydrogen) atoms. The van der Waals surface area contributed by atoms with Crippen molar-refractivity contribution < 1.29 is 19.0 Å². The lowest BCUT2D eigenvalue weighted by atomic mass is 10.2. The lowest BCUT2D eigenvalue weighted by molar-refractivity contribution is 0.0517. The van der Waals surface area contributed by atoms with E-state index >= 15 is 0 Å². The standard InChI is InChI=1S/C14H18N2O4/c1-5-9-13(14(17)20-6-2)16-8-11(19-4)10(18-3)7-12(16)15-9/h7-8H,5-6H2,1-4H3. The number of ether oxygens (including phenoxy) is 3. The number of rotatable bonds is 5. The van der Waals surface area contributed by atoms with Crippen LogP contribution in [-0.2, 0) is 11.2 Å². The number of fused-ring (bicyclic) bond motifs is 1. The van der Waals surface area contributed by atoms with E-state index < -0.39 is 0 Å². The molecule has 6 nitrogen and oxygen atoms in total. The zero-order valence-electron chi connectivity index (χ0n) is 12.1. The number of carbonyl (C=O) groups excluding carboxylic acids is 1. The first-order chi connectivity index (χ1) is 9.65. The van der Waals surface area contributed by atoms with Crippen molar-refractivity contribution in [3.8, 4) is 11.5 Å². The van der Waals surface area contributed by atoms with Crippen LogP contribution in [0.4, 0.5) is 0 Å². The summed E-state index contributed by atoms with van der Waals surface area (Å²) in [5, 5.41) is 0. The van der Waals surface area contributed by atoms with Crippen LogP contribution in [0.1, 0.15) is 30.0 Å². The summed E-state index contributed by atoms with van der Waals surface area (Å²) in [6.45, 7) is 4.04. The fourth-order valence-corrected chi connectivity index (χ4v) is 2.08. The lowest BCUT2D eigenvalue weighted by Crippen LogP contribution is -2.10. The quantitative estimate of drug-likeness (QED) is 0.784. The SMILES string of the molecule is CCOC(=O)c1c(CC)nc2cc(OC)c(OC)cn12. The fraction of sp³-hybridized carbons (Fsp3) is 0.429. The van der Waals surface area contributed by atoms with Gasteiger partial charge in [-0.15, -0.1) is 0 Å². The van der Waals surface area contributed by atoms with Gasteiger partial charge in [0.25, 0.3) is 0 Å². The second kappa shape index (κ2) is 5.81.